The van der Waals surface area contributed by atoms with Gasteiger partial charge in [-0.2, -0.15) is 0 Å². The molecule has 2 N–H and O–H groups in total. The molecule has 1 aliphatic heterocycles. The monoisotopic (exact) mass is 209 g/mol. The maximum Gasteiger partial charge on any atom is 0.128 e. The van der Waals surface area contributed by atoms with E-state index in [1.165, 1.54) is 6.07 Å². The Bertz CT molecular complexity index is 342. The zero-order valence-corrected chi connectivity index (χ0v) is 8.82. The van der Waals surface area contributed by atoms with Crippen LogP contribution in [0.2, 0.25) is 0 Å². The summed E-state index contributed by atoms with van der Waals surface area (Å²) in [6.07, 6.45) is 2.12. The smallest absolute Gasteiger partial charge is 0.128 e. The molecule has 1 fully saturated rings. The Balaban J connectivity index is 2.14. The highest BCUT2D eigenvalue weighted by Gasteiger charge is 2.29. The minimum Gasteiger partial charge on any atom is -0.373 e. The molecule has 0 amide bonds. The second-order valence-corrected chi connectivity index (χ2v) is 4.11. The summed E-state index contributed by atoms with van der Waals surface area (Å²) in [5, 5.41) is 0. The first-order chi connectivity index (χ1) is 7.18. The molecule has 0 aliphatic carbocycles. The number of hydrogen-bond acceptors (Lipinski definition) is 2. The molecule has 1 saturated heterocycles. The van der Waals surface area contributed by atoms with Crippen molar-refractivity contribution >= 4 is 0 Å². The van der Waals surface area contributed by atoms with Crippen molar-refractivity contribution in [2.75, 3.05) is 0 Å². The van der Waals surface area contributed by atoms with Crippen molar-refractivity contribution in [2.24, 2.45) is 5.73 Å². The molecule has 0 bridgehead atoms. The van der Waals surface area contributed by atoms with E-state index in [1.807, 2.05) is 6.92 Å². The summed E-state index contributed by atoms with van der Waals surface area (Å²) in [4.78, 5) is 0. The number of halogens is 1. The van der Waals surface area contributed by atoms with Gasteiger partial charge < -0.3 is 10.5 Å². The molecule has 1 aromatic rings. The lowest BCUT2D eigenvalue weighted by atomic mass is 10.00. The van der Waals surface area contributed by atoms with Crippen molar-refractivity contribution in [3.05, 3.63) is 35.6 Å². The van der Waals surface area contributed by atoms with Crippen LogP contribution in [0.5, 0.6) is 0 Å². The molecule has 3 unspecified atom stereocenters. The molecule has 1 aromatic carbocycles. The van der Waals surface area contributed by atoms with Crippen molar-refractivity contribution in [1.82, 2.24) is 0 Å². The maximum absolute atomic E-state index is 13.5. The van der Waals surface area contributed by atoms with E-state index in [-0.39, 0.29) is 24.1 Å². The molecule has 1 aliphatic rings. The Morgan fingerprint density at radius 1 is 1.40 bits per heavy atom. The Kier molecular flexibility index (Phi) is 3.03. The molecule has 2 nitrogen and oxygen atoms in total. The Morgan fingerprint density at radius 3 is 2.73 bits per heavy atom. The van der Waals surface area contributed by atoms with E-state index < -0.39 is 0 Å². The fourth-order valence-electron chi connectivity index (χ4n) is 2.04. The number of rotatable bonds is 2. The van der Waals surface area contributed by atoms with E-state index in [0.717, 1.165) is 12.8 Å². The highest BCUT2D eigenvalue weighted by Crippen LogP contribution is 2.29. The summed E-state index contributed by atoms with van der Waals surface area (Å²) in [6.45, 7) is 2.02. The van der Waals surface area contributed by atoms with Gasteiger partial charge in [-0.15, -0.1) is 0 Å². The van der Waals surface area contributed by atoms with E-state index in [4.69, 9.17) is 10.5 Å². The van der Waals surface area contributed by atoms with Crippen LogP contribution in [0.15, 0.2) is 24.3 Å². The van der Waals surface area contributed by atoms with Crippen LogP contribution in [-0.4, -0.2) is 12.2 Å². The molecule has 82 valence electrons. The number of hydrogen-bond donors (Lipinski definition) is 1. The second kappa shape index (κ2) is 4.29. The first-order valence-corrected chi connectivity index (χ1v) is 5.34. The average Bonchev–Trinajstić information content (AvgIpc) is 2.65. The van der Waals surface area contributed by atoms with Gasteiger partial charge in [0, 0.05) is 5.56 Å². The third-order valence-electron chi connectivity index (χ3n) is 2.93. The Morgan fingerprint density at radius 2 is 2.13 bits per heavy atom. The summed E-state index contributed by atoms with van der Waals surface area (Å²) in [7, 11) is 0. The van der Waals surface area contributed by atoms with E-state index in [2.05, 4.69) is 0 Å². The molecular weight excluding hydrogens is 193 g/mol. The highest BCUT2D eigenvalue weighted by molar-refractivity contribution is 5.22. The van der Waals surface area contributed by atoms with E-state index in [1.54, 1.807) is 18.2 Å². The molecule has 0 aromatic heterocycles. The molecule has 3 atom stereocenters. The molecule has 0 radical (unpaired) electrons. The van der Waals surface area contributed by atoms with Gasteiger partial charge in [-0.25, -0.2) is 4.39 Å². The van der Waals surface area contributed by atoms with Gasteiger partial charge in [-0.3, -0.25) is 0 Å². The lowest BCUT2D eigenvalue weighted by molar-refractivity contribution is 0.0394. The molecular formula is C12H16FNO. The van der Waals surface area contributed by atoms with Crippen molar-refractivity contribution in [3.8, 4) is 0 Å². The van der Waals surface area contributed by atoms with Crippen LogP contribution in [-0.2, 0) is 4.74 Å². The highest BCUT2D eigenvalue weighted by atomic mass is 19.1. The van der Waals surface area contributed by atoms with Gasteiger partial charge in [0.25, 0.3) is 0 Å². The number of nitrogens with two attached hydrogens (primary N) is 1. The fourth-order valence-corrected chi connectivity index (χ4v) is 2.04. The quantitative estimate of drug-likeness (QED) is 0.811. The summed E-state index contributed by atoms with van der Waals surface area (Å²) in [5.41, 5.74) is 6.55. The van der Waals surface area contributed by atoms with Crippen molar-refractivity contribution < 1.29 is 9.13 Å². The van der Waals surface area contributed by atoms with Gasteiger partial charge in [0.1, 0.15) is 5.82 Å². The summed E-state index contributed by atoms with van der Waals surface area (Å²) in [5.74, 6) is -0.242. The molecule has 0 spiro atoms. The fraction of sp³-hybridized carbons (Fsp3) is 0.500. The van der Waals surface area contributed by atoms with Crippen LogP contribution in [0.1, 0.15) is 31.4 Å². The topological polar surface area (TPSA) is 35.2 Å². The van der Waals surface area contributed by atoms with Gasteiger partial charge in [0.15, 0.2) is 0 Å². The molecule has 1 heterocycles. The largest absolute Gasteiger partial charge is 0.373 e. The maximum atomic E-state index is 13.5. The van der Waals surface area contributed by atoms with Crippen LogP contribution in [0.25, 0.3) is 0 Å². The third kappa shape index (κ3) is 2.19. The van der Waals surface area contributed by atoms with E-state index >= 15 is 0 Å². The van der Waals surface area contributed by atoms with Crippen molar-refractivity contribution in [2.45, 2.75) is 38.0 Å². The van der Waals surface area contributed by atoms with Gasteiger partial charge in [-0.1, -0.05) is 18.2 Å². The Labute approximate surface area is 89.2 Å². The van der Waals surface area contributed by atoms with E-state index in [0.29, 0.717) is 5.56 Å². The first-order valence-electron chi connectivity index (χ1n) is 5.34. The van der Waals surface area contributed by atoms with Crippen molar-refractivity contribution in [1.29, 1.82) is 0 Å². The number of benzene rings is 1. The van der Waals surface area contributed by atoms with Crippen LogP contribution >= 0.6 is 0 Å². The summed E-state index contributed by atoms with van der Waals surface area (Å²) >= 11 is 0. The lowest BCUT2D eigenvalue weighted by Crippen LogP contribution is -2.27. The van der Waals surface area contributed by atoms with E-state index in [9.17, 15) is 4.39 Å². The summed E-state index contributed by atoms with van der Waals surface area (Å²) < 4.78 is 19.1. The number of ether oxygens (including phenoxy) is 1. The first kappa shape index (κ1) is 10.6. The predicted molar refractivity (Wildman–Crippen MR) is 56.9 cm³/mol. The standard InChI is InChI=1S/C12H16FNO/c1-8-6-7-11(15-8)12(14)9-4-2-3-5-10(9)13/h2-5,8,11-12H,6-7,14H2,1H3. The molecule has 15 heavy (non-hydrogen) atoms. The second-order valence-electron chi connectivity index (χ2n) is 4.11. The third-order valence-corrected chi connectivity index (χ3v) is 2.93. The van der Waals surface area contributed by atoms with Gasteiger partial charge in [0.05, 0.1) is 18.2 Å². The molecule has 0 saturated carbocycles. The van der Waals surface area contributed by atoms with Gasteiger partial charge >= 0.3 is 0 Å². The Hall–Kier alpha value is -0.930. The van der Waals surface area contributed by atoms with Crippen LogP contribution in [0.4, 0.5) is 4.39 Å². The zero-order chi connectivity index (χ0) is 10.8. The van der Waals surface area contributed by atoms with Crippen molar-refractivity contribution in [3.63, 3.8) is 0 Å². The van der Waals surface area contributed by atoms with Crippen LogP contribution in [0.3, 0.4) is 0 Å². The minimum absolute atomic E-state index is 0.0445. The van der Waals surface area contributed by atoms with Crippen LogP contribution in [0, 0.1) is 5.82 Å². The van der Waals surface area contributed by atoms with Gasteiger partial charge in [0.2, 0.25) is 0 Å². The normalized spacial score (nSPS) is 27.9. The minimum atomic E-state index is -0.351. The summed E-state index contributed by atoms with van der Waals surface area (Å²) in [6, 6.07) is 6.29. The zero-order valence-electron chi connectivity index (χ0n) is 8.82. The van der Waals surface area contributed by atoms with Crippen LogP contribution < -0.4 is 5.73 Å². The SMILES string of the molecule is CC1CCC(C(N)c2ccccc2F)O1. The predicted octanol–water partition coefficient (Wildman–Crippen LogP) is 2.39. The average molecular weight is 209 g/mol. The lowest BCUT2D eigenvalue weighted by Gasteiger charge is -2.20. The molecule has 2 rings (SSSR count). The van der Waals surface area contributed by atoms with Gasteiger partial charge in [-0.05, 0) is 25.8 Å². The molecule has 3 heteroatoms.